The molecule has 1 aromatic rings. The smallest absolute Gasteiger partial charge is 0.149 e. The van der Waals surface area contributed by atoms with E-state index in [1.807, 2.05) is 0 Å². The van der Waals surface area contributed by atoms with Crippen molar-refractivity contribution in [2.24, 2.45) is 0 Å². The van der Waals surface area contributed by atoms with Gasteiger partial charge in [0.05, 0.1) is 0 Å². The van der Waals surface area contributed by atoms with Gasteiger partial charge in [0.2, 0.25) is 0 Å². The summed E-state index contributed by atoms with van der Waals surface area (Å²) in [6.07, 6.45) is 0. The van der Waals surface area contributed by atoms with Crippen molar-refractivity contribution >= 4 is 5.69 Å². The predicted octanol–water partition coefficient (Wildman–Crippen LogP) is 2.35. The maximum absolute atomic E-state index is 12.7. The van der Waals surface area contributed by atoms with Crippen molar-refractivity contribution in [1.29, 1.82) is 0 Å². The van der Waals surface area contributed by atoms with Crippen LogP contribution in [-0.4, -0.2) is 13.2 Å². The zero-order chi connectivity index (χ0) is 8.97. The Bertz CT molecular complexity index is 242. The molecule has 0 heterocycles. The number of para-hydroxylation sites is 1. The van der Waals surface area contributed by atoms with Crippen molar-refractivity contribution < 1.29 is 13.2 Å². The van der Waals surface area contributed by atoms with Gasteiger partial charge in [-0.3, -0.25) is 0 Å². The molecule has 0 aliphatic rings. The first-order valence-corrected chi connectivity index (χ1v) is 3.49. The number of halogens is 3. The molecule has 12 heavy (non-hydrogen) atoms. The largest absolute Gasteiger partial charge is 0.378 e. The number of rotatable bonds is 3. The second kappa shape index (κ2) is 3.99. The molecule has 1 N–H and O–H groups in total. The lowest BCUT2D eigenvalue weighted by atomic mass is 10.3. The molecule has 0 aliphatic heterocycles. The number of alkyl halides is 1. The Hall–Kier alpha value is -1.19. The van der Waals surface area contributed by atoms with E-state index >= 15 is 0 Å². The van der Waals surface area contributed by atoms with E-state index in [-0.39, 0.29) is 12.2 Å². The fourth-order valence-corrected chi connectivity index (χ4v) is 0.839. The second-order valence-corrected chi connectivity index (χ2v) is 2.21. The molecule has 0 saturated heterocycles. The summed E-state index contributed by atoms with van der Waals surface area (Å²) in [5.74, 6) is -1.41. The first-order chi connectivity index (χ1) is 5.75. The van der Waals surface area contributed by atoms with E-state index in [9.17, 15) is 13.2 Å². The van der Waals surface area contributed by atoms with Crippen LogP contribution in [0.25, 0.3) is 0 Å². The lowest BCUT2D eigenvalue weighted by Crippen LogP contribution is -2.06. The summed E-state index contributed by atoms with van der Waals surface area (Å²) in [7, 11) is 0. The summed E-state index contributed by atoms with van der Waals surface area (Å²) in [5.41, 5.74) is -0.268. The quantitative estimate of drug-likeness (QED) is 0.743. The number of hydrogen-bond acceptors (Lipinski definition) is 1. The number of anilines is 1. The highest BCUT2D eigenvalue weighted by Gasteiger charge is 2.05. The third kappa shape index (κ3) is 1.90. The predicted molar refractivity (Wildman–Crippen MR) is 40.8 cm³/mol. The van der Waals surface area contributed by atoms with E-state index in [4.69, 9.17) is 0 Å². The standard InChI is InChI=1S/C8H8F3N/c9-4-5-12-8-6(10)2-1-3-7(8)11/h1-3,12H,4-5H2. The van der Waals surface area contributed by atoms with Crippen LogP contribution in [0.2, 0.25) is 0 Å². The molecule has 0 saturated carbocycles. The Morgan fingerprint density at radius 3 is 2.25 bits per heavy atom. The summed E-state index contributed by atoms with van der Waals surface area (Å²) in [6.45, 7) is -0.744. The van der Waals surface area contributed by atoms with Crippen LogP contribution in [-0.2, 0) is 0 Å². The van der Waals surface area contributed by atoms with Crippen LogP contribution in [0, 0.1) is 11.6 Å². The van der Waals surface area contributed by atoms with Crippen LogP contribution < -0.4 is 5.32 Å². The molecular weight excluding hydrogens is 167 g/mol. The fourth-order valence-electron chi connectivity index (χ4n) is 0.839. The fraction of sp³-hybridized carbons (Fsp3) is 0.250. The summed E-state index contributed by atoms with van der Waals surface area (Å²) < 4.78 is 37.1. The van der Waals surface area contributed by atoms with E-state index in [0.29, 0.717) is 0 Å². The van der Waals surface area contributed by atoms with Gasteiger partial charge in [0, 0.05) is 6.54 Å². The second-order valence-electron chi connectivity index (χ2n) is 2.21. The highest BCUT2D eigenvalue weighted by Crippen LogP contribution is 2.17. The molecule has 0 aromatic heterocycles. The summed E-state index contributed by atoms with van der Waals surface area (Å²) in [6, 6.07) is 3.48. The maximum Gasteiger partial charge on any atom is 0.149 e. The van der Waals surface area contributed by atoms with Crippen LogP contribution in [0.3, 0.4) is 0 Å². The Kier molecular flexibility index (Phi) is 2.96. The molecule has 1 nitrogen and oxygen atoms in total. The van der Waals surface area contributed by atoms with Crippen molar-refractivity contribution in [2.45, 2.75) is 0 Å². The number of hydrogen-bond donors (Lipinski definition) is 1. The van der Waals surface area contributed by atoms with Crippen molar-refractivity contribution in [3.8, 4) is 0 Å². The lowest BCUT2D eigenvalue weighted by Gasteiger charge is -2.05. The molecule has 0 aliphatic carbocycles. The SMILES string of the molecule is FCCNc1c(F)cccc1F. The van der Waals surface area contributed by atoms with Crippen molar-refractivity contribution in [3.63, 3.8) is 0 Å². The molecule has 66 valence electrons. The van der Waals surface area contributed by atoms with Gasteiger partial charge in [-0.15, -0.1) is 0 Å². The summed E-state index contributed by atoms with van der Waals surface area (Å²) >= 11 is 0. The van der Waals surface area contributed by atoms with Crippen LogP contribution >= 0.6 is 0 Å². The first-order valence-electron chi connectivity index (χ1n) is 3.49. The molecule has 4 heteroatoms. The van der Waals surface area contributed by atoms with E-state index in [1.165, 1.54) is 6.07 Å². The van der Waals surface area contributed by atoms with E-state index < -0.39 is 18.3 Å². The van der Waals surface area contributed by atoms with Crippen LogP contribution in [0.5, 0.6) is 0 Å². The molecule has 0 spiro atoms. The average molecular weight is 175 g/mol. The molecule has 0 radical (unpaired) electrons. The van der Waals surface area contributed by atoms with Gasteiger partial charge in [-0.2, -0.15) is 0 Å². The van der Waals surface area contributed by atoms with Crippen LogP contribution in [0.4, 0.5) is 18.9 Å². The molecule has 0 unspecified atom stereocenters. The highest BCUT2D eigenvalue weighted by atomic mass is 19.1. The van der Waals surface area contributed by atoms with E-state index in [1.54, 1.807) is 0 Å². The topological polar surface area (TPSA) is 12.0 Å². The third-order valence-corrected chi connectivity index (χ3v) is 1.36. The zero-order valence-corrected chi connectivity index (χ0v) is 6.28. The van der Waals surface area contributed by atoms with Crippen molar-refractivity contribution in [2.75, 3.05) is 18.5 Å². The summed E-state index contributed by atoms with van der Waals surface area (Å²) in [5, 5.41) is 2.31. The van der Waals surface area contributed by atoms with E-state index in [0.717, 1.165) is 12.1 Å². The first kappa shape index (κ1) is 8.90. The molecule has 1 rings (SSSR count). The minimum Gasteiger partial charge on any atom is -0.378 e. The maximum atomic E-state index is 12.7. The minimum atomic E-state index is -0.705. The molecule has 1 aromatic carbocycles. The van der Waals surface area contributed by atoms with Crippen molar-refractivity contribution in [3.05, 3.63) is 29.8 Å². The Morgan fingerprint density at radius 1 is 1.17 bits per heavy atom. The average Bonchev–Trinajstić information content (AvgIpc) is 2.04. The molecule has 0 bridgehead atoms. The normalized spacial score (nSPS) is 9.92. The van der Waals surface area contributed by atoms with Gasteiger partial charge in [-0.25, -0.2) is 13.2 Å². The number of nitrogens with one attached hydrogen (secondary N) is 1. The minimum absolute atomic E-state index is 0.0855. The molecule has 0 fully saturated rings. The third-order valence-electron chi connectivity index (χ3n) is 1.36. The Morgan fingerprint density at radius 2 is 1.75 bits per heavy atom. The van der Waals surface area contributed by atoms with Gasteiger partial charge in [0.25, 0.3) is 0 Å². The zero-order valence-electron chi connectivity index (χ0n) is 6.28. The van der Waals surface area contributed by atoms with Crippen LogP contribution in [0.1, 0.15) is 0 Å². The Labute approximate surface area is 68.2 Å². The van der Waals surface area contributed by atoms with Gasteiger partial charge in [0.1, 0.15) is 24.0 Å². The van der Waals surface area contributed by atoms with Gasteiger partial charge in [0.15, 0.2) is 0 Å². The summed E-state index contributed by atoms with van der Waals surface area (Å²) in [4.78, 5) is 0. The van der Waals surface area contributed by atoms with Crippen LogP contribution in [0.15, 0.2) is 18.2 Å². The lowest BCUT2D eigenvalue weighted by molar-refractivity contribution is 0.509. The monoisotopic (exact) mass is 175 g/mol. The molecule has 0 amide bonds. The van der Waals surface area contributed by atoms with Gasteiger partial charge < -0.3 is 5.32 Å². The van der Waals surface area contributed by atoms with E-state index in [2.05, 4.69) is 5.32 Å². The Balaban J connectivity index is 2.81. The highest BCUT2D eigenvalue weighted by molar-refractivity contribution is 5.45. The van der Waals surface area contributed by atoms with Gasteiger partial charge >= 0.3 is 0 Å². The van der Waals surface area contributed by atoms with Gasteiger partial charge in [-0.1, -0.05) is 6.07 Å². The molecular formula is C8H8F3N. The number of benzene rings is 1. The molecule has 0 atom stereocenters. The van der Waals surface area contributed by atoms with Gasteiger partial charge in [-0.05, 0) is 12.1 Å². The van der Waals surface area contributed by atoms with Crippen molar-refractivity contribution in [1.82, 2.24) is 0 Å².